The molecule has 8 heteroatoms. The predicted octanol–water partition coefficient (Wildman–Crippen LogP) is 11.8. The Hall–Kier alpha value is -0.930. The number of hydrogen-bond acceptors (Lipinski definition) is 7. The minimum Gasteiger partial charge on any atom is -0.447 e. The van der Waals surface area contributed by atoms with E-state index in [4.69, 9.17) is 28.4 Å². The van der Waals surface area contributed by atoms with E-state index in [1.165, 1.54) is 141 Å². The molecule has 8 nitrogen and oxygen atoms in total. The molecule has 0 aliphatic carbocycles. The molecule has 0 rings (SSSR count). The highest BCUT2D eigenvalue weighted by Crippen LogP contribution is 2.14. The molecule has 0 aliphatic heterocycles. The first kappa shape index (κ1) is 50.1. The third-order valence-corrected chi connectivity index (χ3v) is 9.54. The number of ether oxygens (including phenoxy) is 6. The quantitative estimate of drug-likeness (QED) is 0.0626. The van der Waals surface area contributed by atoms with Gasteiger partial charge in [0.1, 0.15) is 12.7 Å². The standard InChI is InChI=1S/C43H87NO7/c1-6-8-10-12-14-16-18-20-22-24-26-28-33-47-38-42(50-34-29-27-25-23-21-19-17-15-13-11-9-7-2)39-51-43(45)44-32-30-31-40(3)48-35-36-49-41(4)37-46-5/h40-42H,6-39H2,1-5H3,(H,44,45). The Kier molecular flexibility index (Phi) is 41.1. The van der Waals surface area contributed by atoms with Crippen LogP contribution in [0.5, 0.6) is 0 Å². The summed E-state index contributed by atoms with van der Waals surface area (Å²) in [6.45, 7) is 12.9. The van der Waals surface area contributed by atoms with Gasteiger partial charge in [-0.25, -0.2) is 4.79 Å². The smallest absolute Gasteiger partial charge is 0.407 e. The maximum Gasteiger partial charge on any atom is 0.407 e. The van der Waals surface area contributed by atoms with Gasteiger partial charge in [0.25, 0.3) is 0 Å². The molecule has 3 atom stereocenters. The van der Waals surface area contributed by atoms with Crippen molar-refractivity contribution in [3.63, 3.8) is 0 Å². The molecule has 0 heterocycles. The summed E-state index contributed by atoms with van der Waals surface area (Å²) < 4.78 is 34.3. The van der Waals surface area contributed by atoms with Crippen LogP contribution in [0.1, 0.15) is 195 Å². The highest BCUT2D eigenvalue weighted by molar-refractivity contribution is 5.67. The number of amides is 1. The molecule has 0 fully saturated rings. The normalized spacial score (nSPS) is 13.4. The second kappa shape index (κ2) is 41.8. The fourth-order valence-electron chi connectivity index (χ4n) is 6.26. The summed E-state index contributed by atoms with van der Waals surface area (Å²) in [6, 6.07) is 0. The minimum absolute atomic E-state index is 0.0641. The molecule has 0 aromatic heterocycles. The second-order valence-electron chi connectivity index (χ2n) is 14.8. The van der Waals surface area contributed by atoms with Crippen LogP contribution in [-0.2, 0) is 28.4 Å². The third kappa shape index (κ3) is 40.1. The summed E-state index contributed by atoms with van der Waals surface area (Å²) in [5.41, 5.74) is 0. The fraction of sp³-hybridized carbons (Fsp3) is 0.977. The summed E-state index contributed by atoms with van der Waals surface area (Å²) in [7, 11) is 1.67. The first-order valence-corrected chi connectivity index (χ1v) is 21.8. The first-order valence-electron chi connectivity index (χ1n) is 21.8. The number of hydrogen-bond donors (Lipinski definition) is 1. The molecule has 0 aliphatic rings. The van der Waals surface area contributed by atoms with Crippen LogP contribution < -0.4 is 5.32 Å². The Morgan fingerprint density at radius 2 is 0.941 bits per heavy atom. The summed E-state index contributed by atoms with van der Waals surface area (Å²) in [4.78, 5) is 12.4. The van der Waals surface area contributed by atoms with Gasteiger partial charge < -0.3 is 33.7 Å². The van der Waals surface area contributed by atoms with Gasteiger partial charge in [0.05, 0.1) is 38.6 Å². The van der Waals surface area contributed by atoms with Crippen molar-refractivity contribution in [3.05, 3.63) is 0 Å². The fourth-order valence-corrected chi connectivity index (χ4v) is 6.26. The molecule has 1 N–H and O–H groups in total. The molecular formula is C43H87NO7. The molecule has 0 bridgehead atoms. The van der Waals surface area contributed by atoms with Crippen molar-refractivity contribution in [1.82, 2.24) is 5.32 Å². The van der Waals surface area contributed by atoms with Crippen molar-refractivity contribution in [2.75, 3.05) is 59.9 Å². The number of rotatable bonds is 42. The molecule has 1 amide bonds. The topological polar surface area (TPSA) is 84.5 Å². The zero-order valence-electron chi connectivity index (χ0n) is 34.6. The molecule has 306 valence electrons. The van der Waals surface area contributed by atoms with E-state index in [0.717, 1.165) is 32.3 Å². The first-order chi connectivity index (χ1) is 25.0. The van der Waals surface area contributed by atoms with Crippen LogP contribution in [-0.4, -0.2) is 84.3 Å². The van der Waals surface area contributed by atoms with Gasteiger partial charge in [-0.05, 0) is 39.5 Å². The molecule has 0 spiro atoms. The van der Waals surface area contributed by atoms with E-state index in [-0.39, 0.29) is 24.9 Å². The van der Waals surface area contributed by atoms with Gasteiger partial charge in [-0.3, -0.25) is 0 Å². The van der Waals surface area contributed by atoms with Gasteiger partial charge in [-0.2, -0.15) is 0 Å². The minimum atomic E-state index is -0.399. The molecule has 0 aromatic rings. The maximum absolute atomic E-state index is 12.4. The van der Waals surface area contributed by atoms with Crippen LogP contribution in [0.15, 0.2) is 0 Å². The third-order valence-electron chi connectivity index (χ3n) is 9.54. The molecular weight excluding hydrogens is 642 g/mol. The van der Waals surface area contributed by atoms with Crippen LogP contribution in [0.2, 0.25) is 0 Å². The molecule has 0 saturated carbocycles. The van der Waals surface area contributed by atoms with E-state index in [9.17, 15) is 4.79 Å². The van der Waals surface area contributed by atoms with Crippen LogP contribution in [0.25, 0.3) is 0 Å². The van der Waals surface area contributed by atoms with Crippen LogP contribution in [0.4, 0.5) is 4.79 Å². The highest BCUT2D eigenvalue weighted by atomic mass is 16.6. The van der Waals surface area contributed by atoms with Crippen molar-refractivity contribution >= 4 is 6.09 Å². The number of carbonyl (C=O) groups is 1. The number of unbranched alkanes of at least 4 members (excludes halogenated alkanes) is 22. The van der Waals surface area contributed by atoms with Crippen LogP contribution in [0, 0.1) is 0 Å². The van der Waals surface area contributed by atoms with Gasteiger partial charge in [-0.15, -0.1) is 0 Å². The Labute approximate surface area is 316 Å². The predicted molar refractivity (Wildman–Crippen MR) is 214 cm³/mol. The SMILES string of the molecule is CCCCCCCCCCCCCCOCC(COC(=O)NCCCC(C)OCCOC(C)COC)OCCCCCCCCCCCCCC. The van der Waals surface area contributed by atoms with E-state index < -0.39 is 6.09 Å². The van der Waals surface area contributed by atoms with Crippen molar-refractivity contribution in [1.29, 1.82) is 0 Å². The van der Waals surface area contributed by atoms with Crippen molar-refractivity contribution in [2.24, 2.45) is 0 Å². The maximum atomic E-state index is 12.4. The molecule has 0 saturated heterocycles. The van der Waals surface area contributed by atoms with Crippen molar-refractivity contribution < 1.29 is 33.2 Å². The van der Waals surface area contributed by atoms with E-state index in [1.54, 1.807) is 7.11 Å². The van der Waals surface area contributed by atoms with E-state index in [0.29, 0.717) is 39.6 Å². The van der Waals surface area contributed by atoms with Gasteiger partial charge in [0, 0.05) is 26.9 Å². The zero-order valence-corrected chi connectivity index (χ0v) is 34.6. The zero-order chi connectivity index (χ0) is 37.3. The van der Waals surface area contributed by atoms with Gasteiger partial charge in [0.15, 0.2) is 0 Å². The lowest BCUT2D eigenvalue weighted by molar-refractivity contribution is -0.0469. The Morgan fingerprint density at radius 1 is 0.490 bits per heavy atom. The molecule has 51 heavy (non-hydrogen) atoms. The molecule has 0 aromatic carbocycles. The molecule has 0 radical (unpaired) electrons. The van der Waals surface area contributed by atoms with E-state index in [1.807, 2.05) is 13.8 Å². The monoisotopic (exact) mass is 730 g/mol. The van der Waals surface area contributed by atoms with Crippen molar-refractivity contribution in [2.45, 2.75) is 213 Å². The largest absolute Gasteiger partial charge is 0.447 e. The lowest BCUT2D eigenvalue weighted by Gasteiger charge is -2.19. The Balaban J connectivity index is 4.17. The van der Waals surface area contributed by atoms with Crippen molar-refractivity contribution in [3.8, 4) is 0 Å². The molecule has 3 unspecified atom stereocenters. The summed E-state index contributed by atoms with van der Waals surface area (Å²) in [5, 5.41) is 2.88. The number of nitrogens with one attached hydrogen (secondary N) is 1. The lowest BCUT2D eigenvalue weighted by atomic mass is 10.1. The van der Waals surface area contributed by atoms with Crippen LogP contribution in [0.3, 0.4) is 0 Å². The average molecular weight is 730 g/mol. The van der Waals surface area contributed by atoms with Gasteiger partial charge >= 0.3 is 6.09 Å². The number of methoxy groups -OCH3 is 1. The Morgan fingerprint density at radius 3 is 1.43 bits per heavy atom. The summed E-state index contributed by atoms with van der Waals surface area (Å²) >= 11 is 0. The summed E-state index contributed by atoms with van der Waals surface area (Å²) in [6.07, 6.45) is 33.0. The number of alkyl carbamates (subject to hydrolysis) is 1. The van der Waals surface area contributed by atoms with E-state index in [2.05, 4.69) is 19.2 Å². The lowest BCUT2D eigenvalue weighted by Crippen LogP contribution is -2.32. The van der Waals surface area contributed by atoms with Gasteiger partial charge in [-0.1, -0.05) is 155 Å². The van der Waals surface area contributed by atoms with Gasteiger partial charge in [0.2, 0.25) is 0 Å². The second-order valence-corrected chi connectivity index (χ2v) is 14.8. The Bertz CT molecular complexity index is 683. The van der Waals surface area contributed by atoms with E-state index >= 15 is 0 Å². The average Bonchev–Trinajstić information content (AvgIpc) is 3.12. The summed E-state index contributed by atoms with van der Waals surface area (Å²) in [5.74, 6) is 0. The number of carbonyl (C=O) groups excluding carboxylic acids is 1. The highest BCUT2D eigenvalue weighted by Gasteiger charge is 2.14. The van der Waals surface area contributed by atoms with Crippen LogP contribution >= 0.6 is 0 Å².